The van der Waals surface area contributed by atoms with E-state index in [1.54, 1.807) is 0 Å². The number of nitrogens with two attached hydrogens (primary N) is 1. The van der Waals surface area contributed by atoms with Crippen molar-refractivity contribution in [1.82, 2.24) is 0 Å². The fraction of sp³-hybridized carbons (Fsp3) is 0.900. The molecule has 84 valence electrons. The molecule has 0 aromatic carbocycles. The molecule has 0 rings (SSSR count). The Bertz CT molecular complexity index is 175. The second-order valence-electron chi connectivity index (χ2n) is 4.42. The number of rotatable bonds is 6. The van der Waals surface area contributed by atoms with E-state index in [0.717, 1.165) is 0 Å². The van der Waals surface area contributed by atoms with Gasteiger partial charge >= 0.3 is 0 Å². The van der Waals surface area contributed by atoms with Crippen molar-refractivity contribution in [3.8, 4) is 0 Å². The monoisotopic (exact) mass is 203 g/mol. The van der Waals surface area contributed by atoms with E-state index in [-0.39, 0.29) is 17.2 Å². The third-order valence-corrected chi connectivity index (χ3v) is 1.98. The lowest BCUT2D eigenvalue weighted by Crippen LogP contribution is -2.29. The summed E-state index contributed by atoms with van der Waals surface area (Å²) in [5, 5.41) is 0. The number of Topliss-reactive ketones (excluding diaryl/α,β-unsaturated/α-hetero) is 1. The van der Waals surface area contributed by atoms with E-state index in [0.29, 0.717) is 19.4 Å². The van der Waals surface area contributed by atoms with Crippen LogP contribution >= 0.6 is 0 Å². The molecule has 0 bridgehead atoms. The zero-order chi connectivity index (χ0) is 11.2. The number of hydrogen-bond acceptors (Lipinski definition) is 4. The van der Waals surface area contributed by atoms with Crippen LogP contribution in [0.15, 0.2) is 0 Å². The minimum atomic E-state index is -0.276. The first-order valence-corrected chi connectivity index (χ1v) is 4.82. The Labute approximate surface area is 85.7 Å². The Morgan fingerprint density at radius 3 is 2.43 bits per heavy atom. The summed E-state index contributed by atoms with van der Waals surface area (Å²) in [6.07, 6.45) is 1.14. The van der Waals surface area contributed by atoms with Crippen molar-refractivity contribution in [3.63, 3.8) is 0 Å². The fourth-order valence-corrected chi connectivity index (χ4v) is 0.930. The van der Waals surface area contributed by atoms with Crippen molar-refractivity contribution in [3.05, 3.63) is 0 Å². The molecule has 2 N–H and O–H groups in total. The van der Waals surface area contributed by atoms with Gasteiger partial charge in [0.05, 0.1) is 13.7 Å². The summed E-state index contributed by atoms with van der Waals surface area (Å²) in [7, 11) is 1.44. The highest BCUT2D eigenvalue weighted by Gasteiger charge is 2.21. The van der Waals surface area contributed by atoms with E-state index >= 15 is 0 Å². The van der Waals surface area contributed by atoms with Crippen LogP contribution in [-0.2, 0) is 14.6 Å². The Balaban J connectivity index is 3.67. The molecule has 0 fully saturated rings. The van der Waals surface area contributed by atoms with Gasteiger partial charge in [0.2, 0.25) is 0 Å². The van der Waals surface area contributed by atoms with Gasteiger partial charge in [-0.2, -0.15) is 0 Å². The van der Waals surface area contributed by atoms with Crippen LogP contribution in [0.2, 0.25) is 0 Å². The van der Waals surface area contributed by atoms with Crippen LogP contribution in [0, 0.1) is 5.41 Å². The average Bonchev–Trinajstić information content (AvgIpc) is 2.09. The van der Waals surface area contributed by atoms with Crippen molar-refractivity contribution < 1.29 is 14.6 Å². The number of carbonyl (C=O) groups excluding carboxylic acids is 1. The molecule has 0 unspecified atom stereocenters. The van der Waals surface area contributed by atoms with Crippen LogP contribution < -0.4 is 5.73 Å². The van der Waals surface area contributed by atoms with Crippen molar-refractivity contribution >= 4 is 5.78 Å². The Morgan fingerprint density at radius 2 is 2.00 bits per heavy atom. The lowest BCUT2D eigenvalue weighted by atomic mass is 9.87. The van der Waals surface area contributed by atoms with Crippen LogP contribution in [0.4, 0.5) is 0 Å². The molecule has 4 nitrogen and oxygen atoms in total. The van der Waals surface area contributed by atoms with Crippen molar-refractivity contribution in [2.75, 3.05) is 13.7 Å². The first-order valence-electron chi connectivity index (χ1n) is 4.82. The molecule has 0 aliphatic rings. The second-order valence-corrected chi connectivity index (χ2v) is 4.42. The van der Waals surface area contributed by atoms with Gasteiger partial charge in [-0.05, 0) is 6.42 Å². The summed E-state index contributed by atoms with van der Waals surface area (Å²) in [4.78, 5) is 20.6. The zero-order valence-corrected chi connectivity index (χ0v) is 9.50. The molecule has 0 spiro atoms. The van der Waals surface area contributed by atoms with E-state index in [1.165, 1.54) is 7.11 Å². The summed E-state index contributed by atoms with van der Waals surface area (Å²) >= 11 is 0. The molecular formula is C10H21NO3. The maximum Gasteiger partial charge on any atom is 0.138 e. The van der Waals surface area contributed by atoms with Gasteiger partial charge < -0.3 is 5.73 Å². The van der Waals surface area contributed by atoms with E-state index in [1.807, 2.05) is 20.8 Å². The van der Waals surface area contributed by atoms with Gasteiger partial charge in [0.25, 0.3) is 0 Å². The quantitative estimate of drug-likeness (QED) is 0.522. The molecule has 0 saturated heterocycles. The predicted octanol–water partition coefficient (Wildman–Crippen LogP) is 1.29. The summed E-state index contributed by atoms with van der Waals surface area (Å²) in [5.41, 5.74) is 5.42. The molecule has 0 saturated carbocycles. The zero-order valence-electron chi connectivity index (χ0n) is 9.50. The van der Waals surface area contributed by atoms with Crippen LogP contribution in [-0.4, -0.2) is 25.5 Å². The van der Waals surface area contributed by atoms with Crippen molar-refractivity contribution in [2.45, 2.75) is 39.7 Å². The Hall–Kier alpha value is -0.450. The van der Waals surface area contributed by atoms with Crippen LogP contribution in [0.5, 0.6) is 0 Å². The Morgan fingerprint density at radius 1 is 1.43 bits per heavy atom. The summed E-state index contributed by atoms with van der Waals surface area (Å²) in [6, 6.07) is -0.138. The number of ketones is 1. The molecule has 0 radical (unpaired) electrons. The summed E-state index contributed by atoms with van der Waals surface area (Å²) in [6.45, 7) is 6.06. The molecule has 0 heterocycles. The number of carbonyl (C=O) groups is 1. The van der Waals surface area contributed by atoms with Crippen LogP contribution in [0.3, 0.4) is 0 Å². The van der Waals surface area contributed by atoms with Gasteiger partial charge in [0.15, 0.2) is 0 Å². The molecular weight excluding hydrogens is 182 g/mol. The van der Waals surface area contributed by atoms with Gasteiger partial charge in [0.1, 0.15) is 5.78 Å². The highest BCUT2D eigenvalue weighted by atomic mass is 17.2. The largest absolute Gasteiger partial charge is 0.326 e. The highest BCUT2D eigenvalue weighted by molar-refractivity contribution is 5.83. The molecule has 0 aliphatic heterocycles. The molecule has 4 heteroatoms. The van der Waals surface area contributed by atoms with Gasteiger partial charge in [-0.25, -0.2) is 9.78 Å². The smallest absolute Gasteiger partial charge is 0.138 e. The summed E-state index contributed by atoms with van der Waals surface area (Å²) < 4.78 is 0. The highest BCUT2D eigenvalue weighted by Crippen LogP contribution is 2.17. The topological polar surface area (TPSA) is 61.6 Å². The van der Waals surface area contributed by atoms with Crippen LogP contribution in [0.25, 0.3) is 0 Å². The maximum atomic E-state index is 11.5. The SMILES string of the molecule is COOC[C@@H](N)CCC(=O)C(C)(C)C. The lowest BCUT2D eigenvalue weighted by molar-refractivity contribution is -0.274. The minimum Gasteiger partial charge on any atom is -0.326 e. The van der Waals surface area contributed by atoms with Gasteiger partial charge in [-0.1, -0.05) is 20.8 Å². The van der Waals surface area contributed by atoms with E-state index in [4.69, 9.17) is 5.73 Å². The first kappa shape index (κ1) is 13.5. The van der Waals surface area contributed by atoms with Gasteiger partial charge in [-0.3, -0.25) is 4.79 Å². The van der Waals surface area contributed by atoms with E-state index in [2.05, 4.69) is 9.78 Å². The molecule has 0 aromatic heterocycles. The molecule has 1 atom stereocenters. The molecule has 0 aliphatic carbocycles. The van der Waals surface area contributed by atoms with Crippen LogP contribution in [0.1, 0.15) is 33.6 Å². The van der Waals surface area contributed by atoms with E-state index in [9.17, 15) is 4.79 Å². The molecule has 14 heavy (non-hydrogen) atoms. The fourth-order valence-electron chi connectivity index (χ4n) is 0.930. The average molecular weight is 203 g/mol. The van der Waals surface area contributed by atoms with E-state index < -0.39 is 0 Å². The third kappa shape index (κ3) is 6.07. The predicted molar refractivity (Wildman–Crippen MR) is 54.6 cm³/mol. The Kier molecular flexibility index (Phi) is 5.92. The van der Waals surface area contributed by atoms with Crippen molar-refractivity contribution in [2.24, 2.45) is 11.1 Å². The molecule has 0 aromatic rings. The summed E-state index contributed by atoms with van der Waals surface area (Å²) in [5.74, 6) is 0.227. The lowest BCUT2D eigenvalue weighted by Gasteiger charge is -2.17. The normalized spacial score (nSPS) is 14.1. The minimum absolute atomic E-state index is 0.138. The van der Waals surface area contributed by atoms with Gasteiger partial charge in [0, 0.05) is 17.9 Å². The molecule has 0 amide bonds. The van der Waals surface area contributed by atoms with Crippen molar-refractivity contribution in [1.29, 1.82) is 0 Å². The maximum absolute atomic E-state index is 11.5. The number of hydrogen-bond donors (Lipinski definition) is 1. The van der Waals surface area contributed by atoms with Gasteiger partial charge in [-0.15, -0.1) is 0 Å². The standard InChI is InChI=1S/C10H21NO3/c1-10(2,3)9(12)6-5-8(11)7-14-13-4/h8H,5-7,11H2,1-4H3/t8-/m0/s1. The second kappa shape index (κ2) is 6.11. The first-order chi connectivity index (χ1) is 6.38. The third-order valence-electron chi connectivity index (χ3n) is 1.98.